The summed E-state index contributed by atoms with van der Waals surface area (Å²) >= 11 is 1.03. The molecule has 0 radical (unpaired) electrons. The van der Waals surface area contributed by atoms with Gasteiger partial charge in [-0.05, 0) is 42.6 Å². The molecule has 0 saturated heterocycles. The van der Waals surface area contributed by atoms with E-state index in [4.69, 9.17) is 0 Å². The highest BCUT2D eigenvalue weighted by atomic mass is 32.2. The van der Waals surface area contributed by atoms with Gasteiger partial charge >= 0.3 is 6.18 Å². The number of aryl methyl sites for hydroxylation is 1. The number of fused-ring (bicyclic) bond motifs is 1. The highest BCUT2D eigenvalue weighted by Gasteiger charge is 2.32. The molecule has 158 valence electrons. The summed E-state index contributed by atoms with van der Waals surface area (Å²) in [5.41, 5.74) is 2.13. The fourth-order valence-electron chi connectivity index (χ4n) is 3.41. The smallest absolute Gasteiger partial charge is 0.240 e. The second kappa shape index (κ2) is 7.67. The van der Waals surface area contributed by atoms with E-state index in [0.717, 1.165) is 29.2 Å². The normalized spacial score (nSPS) is 15.2. The highest BCUT2D eigenvalue weighted by Crippen LogP contribution is 2.35. The summed E-state index contributed by atoms with van der Waals surface area (Å²) in [4.78, 5) is 12.4. The molecule has 0 saturated carbocycles. The van der Waals surface area contributed by atoms with Crippen LogP contribution in [-0.4, -0.2) is 38.6 Å². The molecule has 4 rings (SSSR count). The maximum atomic E-state index is 13.0. The van der Waals surface area contributed by atoms with Gasteiger partial charge in [0.25, 0.3) is 0 Å². The first kappa shape index (κ1) is 20.8. The largest absolute Gasteiger partial charge is 0.416 e. The Morgan fingerprint density at radius 3 is 2.63 bits per heavy atom. The lowest BCUT2D eigenvalue weighted by Crippen LogP contribution is -2.37. The van der Waals surface area contributed by atoms with Crippen molar-refractivity contribution < 1.29 is 21.6 Å². The molecule has 0 bridgehead atoms. The molecule has 0 spiro atoms. The van der Waals surface area contributed by atoms with Crippen LogP contribution in [0.1, 0.15) is 27.4 Å². The van der Waals surface area contributed by atoms with Crippen LogP contribution in [0.3, 0.4) is 0 Å². The molecule has 12 heteroatoms. The van der Waals surface area contributed by atoms with Crippen molar-refractivity contribution in [2.24, 2.45) is 0 Å². The molecule has 1 aromatic carbocycles. The third kappa shape index (κ3) is 4.07. The Balaban J connectivity index is 1.64. The van der Waals surface area contributed by atoms with Crippen LogP contribution < -0.4 is 0 Å². The van der Waals surface area contributed by atoms with E-state index >= 15 is 0 Å². The van der Waals surface area contributed by atoms with E-state index in [2.05, 4.69) is 19.3 Å². The van der Waals surface area contributed by atoms with Crippen LogP contribution >= 0.6 is 11.5 Å². The fourth-order valence-corrected chi connectivity index (χ4v) is 5.64. The summed E-state index contributed by atoms with van der Waals surface area (Å²) in [6.45, 7) is 1.90. The molecule has 0 N–H and O–H groups in total. The van der Waals surface area contributed by atoms with Crippen LogP contribution in [0.5, 0.6) is 0 Å². The SMILES string of the molecule is Cc1cc(C(F)(F)F)ccc1-c1ncnc2c1CCN(S(=O)(=O)Cc1ncns1)C2. The zero-order valence-corrected chi connectivity index (χ0v) is 17.4. The Labute approximate surface area is 174 Å². The fraction of sp³-hybridized carbons (Fsp3) is 0.333. The Morgan fingerprint density at radius 2 is 1.97 bits per heavy atom. The summed E-state index contributed by atoms with van der Waals surface area (Å²) in [6, 6.07) is 3.52. The minimum absolute atomic E-state index is 0.0751. The summed E-state index contributed by atoms with van der Waals surface area (Å²) < 4.78 is 69.5. The van der Waals surface area contributed by atoms with Gasteiger partial charge in [0.2, 0.25) is 10.0 Å². The summed E-state index contributed by atoms with van der Waals surface area (Å²) in [5, 5.41) is 0.407. The molecule has 3 heterocycles. The summed E-state index contributed by atoms with van der Waals surface area (Å²) in [6.07, 6.45) is -1.43. The van der Waals surface area contributed by atoms with Crippen LogP contribution in [0.15, 0.2) is 30.9 Å². The average Bonchev–Trinajstić information content (AvgIpc) is 3.18. The number of halogens is 3. The number of benzene rings is 1. The van der Waals surface area contributed by atoms with Crippen molar-refractivity contribution in [3.8, 4) is 11.3 Å². The molecule has 1 aliphatic heterocycles. The van der Waals surface area contributed by atoms with E-state index in [0.29, 0.717) is 33.9 Å². The second-order valence-electron chi connectivity index (χ2n) is 6.85. The minimum atomic E-state index is -4.42. The first-order valence-electron chi connectivity index (χ1n) is 8.89. The van der Waals surface area contributed by atoms with Crippen molar-refractivity contribution in [1.82, 2.24) is 23.6 Å². The van der Waals surface area contributed by atoms with Crippen molar-refractivity contribution in [3.63, 3.8) is 0 Å². The van der Waals surface area contributed by atoms with Crippen LogP contribution in [-0.2, 0) is 34.9 Å². The predicted molar refractivity (Wildman–Crippen MR) is 104 cm³/mol. The van der Waals surface area contributed by atoms with Gasteiger partial charge in [0.1, 0.15) is 23.4 Å². The quantitative estimate of drug-likeness (QED) is 0.600. The molecule has 0 atom stereocenters. The van der Waals surface area contributed by atoms with Crippen molar-refractivity contribution in [1.29, 1.82) is 0 Å². The molecular weight excluding hydrogens is 439 g/mol. The van der Waals surface area contributed by atoms with Gasteiger partial charge < -0.3 is 0 Å². The van der Waals surface area contributed by atoms with Gasteiger partial charge in [-0.25, -0.2) is 23.4 Å². The Kier molecular flexibility index (Phi) is 5.32. The molecule has 30 heavy (non-hydrogen) atoms. The first-order valence-corrected chi connectivity index (χ1v) is 11.3. The standard InChI is InChI=1S/C18H16F3N5O2S2/c1-11-6-12(18(19,20)21)2-3-13(11)17-14-4-5-26(7-15(14)22-9-24-17)30(27,28)8-16-23-10-25-29-16/h2-3,6,9-10H,4-5,7-8H2,1H3. The lowest BCUT2D eigenvalue weighted by molar-refractivity contribution is -0.137. The van der Waals surface area contributed by atoms with Gasteiger partial charge in [-0.3, -0.25) is 0 Å². The summed E-state index contributed by atoms with van der Waals surface area (Å²) in [5.74, 6) is -0.233. The lowest BCUT2D eigenvalue weighted by Gasteiger charge is -2.28. The zero-order chi connectivity index (χ0) is 21.5. The van der Waals surface area contributed by atoms with Crippen molar-refractivity contribution in [2.45, 2.75) is 31.8 Å². The molecule has 0 amide bonds. The number of hydrogen-bond donors (Lipinski definition) is 0. The van der Waals surface area contributed by atoms with Gasteiger partial charge in [-0.15, -0.1) is 0 Å². The average molecular weight is 455 g/mol. The third-order valence-corrected chi connectivity index (χ3v) is 7.47. The number of rotatable bonds is 4. The molecule has 0 aliphatic carbocycles. The topological polar surface area (TPSA) is 88.9 Å². The van der Waals surface area contributed by atoms with E-state index in [9.17, 15) is 21.6 Å². The van der Waals surface area contributed by atoms with Crippen molar-refractivity contribution >= 4 is 21.6 Å². The number of alkyl halides is 3. The molecular formula is C18H16F3N5O2S2. The second-order valence-corrected chi connectivity index (χ2v) is 9.68. The monoisotopic (exact) mass is 455 g/mol. The van der Waals surface area contributed by atoms with Crippen LogP contribution in [0.2, 0.25) is 0 Å². The zero-order valence-electron chi connectivity index (χ0n) is 15.7. The van der Waals surface area contributed by atoms with Gasteiger partial charge in [-0.2, -0.15) is 21.9 Å². The van der Waals surface area contributed by atoms with E-state index in [1.54, 1.807) is 6.92 Å². The Morgan fingerprint density at radius 1 is 1.17 bits per heavy atom. The number of hydrogen-bond acceptors (Lipinski definition) is 7. The van der Waals surface area contributed by atoms with Crippen LogP contribution in [0.4, 0.5) is 13.2 Å². The van der Waals surface area contributed by atoms with Gasteiger partial charge in [0.15, 0.2) is 0 Å². The molecule has 1 aliphatic rings. The first-order chi connectivity index (χ1) is 14.1. The Hall–Kier alpha value is -2.44. The summed E-state index contributed by atoms with van der Waals surface area (Å²) in [7, 11) is -3.60. The van der Waals surface area contributed by atoms with Gasteiger partial charge in [0.05, 0.1) is 23.5 Å². The molecule has 7 nitrogen and oxygen atoms in total. The minimum Gasteiger partial charge on any atom is -0.240 e. The molecule has 0 unspecified atom stereocenters. The maximum Gasteiger partial charge on any atom is 0.416 e. The Bertz CT molecular complexity index is 1180. The van der Waals surface area contributed by atoms with Crippen molar-refractivity contribution in [2.75, 3.05) is 6.54 Å². The highest BCUT2D eigenvalue weighted by molar-refractivity contribution is 7.88. The predicted octanol–water partition coefficient (Wildman–Crippen LogP) is 3.21. The molecule has 2 aromatic heterocycles. The van der Waals surface area contributed by atoms with E-state index in [-0.39, 0.29) is 18.8 Å². The number of aromatic nitrogens is 4. The van der Waals surface area contributed by atoms with Crippen LogP contribution in [0, 0.1) is 6.92 Å². The third-order valence-electron chi connectivity index (χ3n) is 4.89. The van der Waals surface area contributed by atoms with E-state index in [1.807, 2.05) is 0 Å². The number of sulfonamides is 1. The van der Waals surface area contributed by atoms with Crippen molar-refractivity contribution in [3.05, 3.63) is 58.2 Å². The molecule has 3 aromatic rings. The maximum absolute atomic E-state index is 13.0. The number of nitrogens with zero attached hydrogens (tertiary/aromatic N) is 5. The van der Waals surface area contributed by atoms with E-state index in [1.165, 1.54) is 23.0 Å². The van der Waals surface area contributed by atoms with E-state index < -0.39 is 21.8 Å². The van der Waals surface area contributed by atoms with Gasteiger partial charge in [-0.1, -0.05) is 6.07 Å². The van der Waals surface area contributed by atoms with Crippen LogP contribution in [0.25, 0.3) is 11.3 Å². The lowest BCUT2D eigenvalue weighted by atomic mass is 9.95. The van der Waals surface area contributed by atoms with Gasteiger partial charge in [0, 0.05) is 17.7 Å². The molecule has 0 fully saturated rings.